The van der Waals surface area contributed by atoms with E-state index in [2.05, 4.69) is 41.8 Å². The van der Waals surface area contributed by atoms with Crippen LogP contribution in [0.2, 0.25) is 0 Å². The molecule has 0 amide bonds. The van der Waals surface area contributed by atoms with Crippen LogP contribution in [0.25, 0.3) is 16.8 Å². The number of anilines is 1. The average molecular weight is 444 g/mol. The number of rotatable bonds is 7. The number of hydrogen-bond acceptors (Lipinski definition) is 7. The lowest BCUT2D eigenvalue weighted by atomic mass is 9.85. The fraction of sp³-hybridized carbons (Fsp3) is 0.458. The normalized spacial score (nSPS) is 19.2. The van der Waals surface area contributed by atoms with Crippen molar-refractivity contribution in [2.75, 3.05) is 24.5 Å². The summed E-state index contributed by atoms with van der Waals surface area (Å²) in [6.45, 7) is 3.75. The first kappa shape index (κ1) is 20.3. The maximum atomic E-state index is 4.53. The largest absolute Gasteiger partial charge is 0.354 e. The van der Waals surface area contributed by atoms with Gasteiger partial charge in [-0.1, -0.05) is 11.6 Å². The smallest absolute Gasteiger partial charge is 0.151 e. The summed E-state index contributed by atoms with van der Waals surface area (Å²) in [5.41, 5.74) is 3.71. The summed E-state index contributed by atoms with van der Waals surface area (Å²) in [5.74, 6) is 1.85. The number of aromatic nitrogens is 7. The van der Waals surface area contributed by atoms with Gasteiger partial charge in [0.1, 0.15) is 5.69 Å². The minimum atomic E-state index is 0.536. The van der Waals surface area contributed by atoms with Crippen LogP contribution in [0.4, 0.5) is 5.82 Å². The Bertz CT molecular complexity index is 1210. The molecule has 6 rings (SSSR count). The number of pyridine rings is 1. The lowest BCUT2D eigenvalue weighted by Crippen LogP contribution is -2.47. The van der Waals surface area contributed by atoms with Crippen molar-refractivity contribution in [2.24, 2.45) is 5.92 Å². The highest BCUT2D eigenvalue weighted by Crippen LogP contribution is 2.26. The van der Waals surface area contributed by atoms with Crippen LogP contribution in [0.1, 0.15) is 37.8 Å². The van der Waals surface area contributed by atoms with Gasteiger partial charge in [0.25, 0.3) is 0 Å². The molecule has 2 aliphatic rings. The third kappa shape index (κ3) is 4.32. The number of nitrogens with one attached hydrogen (secondary N) is 1. The monoisotopic (exact) mass is 443 g/mol. The van der Waals surface area contributed by atoms with Crippen molar-refractivity contribution >= 4 is 11.3 Å². The molecule has 2 fully saturated rings. The number of imidazole rings is 1. The van der Waals surface area contributed by atoms with E-state index in [1.807, 2.05) is 41.2 Å². The van der Waals surface area contributed by atoms with Crippen molar-refractivity contribution in [1.82, 2.24) is 39.9 Å². The molecule has 0 aromatic carbocycles. The molecule has 1 unspecified atom stereocenters. The molecule has 1 aliphatic heterocycles. The predicted octanol–water partition coefficient (Wildman–Crippen LogP) is 2.79. The summed E-state index contributed by atoms with van der Waals surface area (Å²) in [6, 6.07) is 8.71. The molecule has 1 N–H and O–H groups in total. The minimum absolute atomic E-state index is 0.536. The van der Waals surface area contributed by atoms with Crippen LogP contribution >= 0.6 is 0 Å². The second kappa shape index (κ2) is 8.90. The fourth-order valence-corrected chi connectivity index (χ4v) is 4.82. The summed E-state index contributed by atoms with van der Waals surface area (Å²) >= 11 is 0. The topological polar surface area (TPSA) is 89.1 Å². The van der Waals surface area contributed by atoms with E-state index in [4.69, 9.17) is 0 Å². The minimum Gasteiger partial charge on any atom is -0.354 e. The summed E-state index contributed by atoms with van der Waals surface area (Å²) in [5, 5.41) is 21.4. The third-order valence-corrected chi connectivity index (χ3v) is 6.96. The van der Waals surface area contributed by atoms with Crippen molar-refractivity contribution < 1.29 is 0 Å². The summed E-state index contributed by atoms with van der Waals surface area (Å²) in [6.07, 6.45) is 14.2. The average Bonchev–Trinajstić information content (AvgIpc) is 3.48. The quantitative estimate of drug-likeness (QED) is 0.470. The molecular weight excluding hydrogens is 414 g/mol. The van der Waals surface area contributed by atoms with Gasteiger partial charge in [-0.3, -0.25) is 0 Å². The molecule has 4 aromatic rings. The standard InChI is InChI=1S/C24H29N9/c1-4-18(5-1)12-26-19-6-2-10-31(14-19)24-9-8-20(27-29-24)15-33-16-22(28-30-33)21-7-3-11-32-17-25-13-23(21)32/h3,7-9,11,13,16-19,26H,1-2,4-6,10,12,14-15H2. The van der Waals surface area contributed by atoms with Crippen molar-refractivity contribution in [3.63, 3.8) is 0 Å². The molecule has 0 spiro atoms. The van der Waals surface area contributed by atoms with Crippen molar-refractivity contribution in [3.05, 3.63) is 54.9 Å². The van der Waals surface area contributed by atoms with Gasteiger partial charge < -0.3 is 14.6 Å². The van der Waals surface area contributed by atoms with E-state index in [9.17, 15) is 0 Å². The van der Waals surface area contributed by atoms with Crippen LogP contribution in [-0.2, 0) is 6.54 Å². The van der Waals surface area contributed by atoms with Gasteiger partial charge in [-0.2, -0.15) is 5.10 Å². The van der Waals surface area contributed by atoms with E-state index < -0.39 is 0 Å². The van der Waals surface area contributed by atoms with Crippen LogP contribution in [0.3, 0.4) is 0 Å². The van der Waals surface area contributed by atoms with Gasteiger partial charge in [-0.05, 0) is 62.4 Å². The lowest BCUT2D eigenvalue weighted by Gasteiger charge is -2.35. The molecule has 0 bridgehead atoms. The van der Waals surface area contributed by atoms with Crippen LogP contribution in [0.15, 0.2) is 49.2 Å². The van der Waals surface area contributed by atoms with E-state index in [0.717, 1.165) is 47.3 Å². The second-order valence-corrected chi connectivity index (χ2v) is 9.28. The fourth-order valence-electron chi connectivity index (χ4n) is 4.82. The van der Waals surface area contributed by atoms with Gasteiger partial charge in [-0.25, -0.2) is 9.67 Å². The van der Waals surface area contributed by atoms with Gasteiger partial charge in [0.05, 0.1) is 36.5 Å². The molecule has 1 saturated heterocycles. The van der Waals surface area contributed by atoms with Crippen molar-refractivity contribution in [2.45, 2.75) is 44.7 Å². The number of nitrogens with zero attached hydrogens (tertiary/aromatic N) is 8. The molecule has 1 aliphatic carbocycles. The highest BCUT2D eigenvalue weighted by Gasteiger charge is 2.23. The Morgan fingerprint density at radius 1 is 1.03 bits per heavy atom. The SMILES string of the molecule is c1cc(-c2cn(Cc3ccc(N4CCCC(NCC5CCC5)C4)nn3)nn2)c2cncn2c1. The molecule has 9 heteroatoms. The molecule has 4 aromatic heterocycles. The molecule has 33 heavy (non-hydrogen) atoms. The first-order valence-corrected chi connectivity index (χ1v) is 11.9. The highest BCUT2D eigenvalue weighted by atomic mass is 15.4. The number of piperidine rings is 1. The Kier molecular flexibility index (Phi) is 5.47. The molecule has 0 radical (unpaired) electrons. The van der Waals surface area contributed by atoms with E-state index in [0.29, 0.717) is 12.6 Å². The Morgan fingerprint density at radius 3 is 2.85 bits per heavy atom. The summed E-state index contributed by atoms with van der Waals surface area (Å²) in [4.78, 5) is 6.58. The number of hydrogen-bond donors (Lipinski definition) is 1. The summed E-state index contributed by atoms with van der Waals surface area (Å²) < 4.78 is 3.78. The highest BCUT2D eigenvalue weighted by molar-refractivity contribution is 5.76. The Labute approximate surface area is 192 Å². The van der Waals surface area contributed by atoms with Crippen LogP contribution in [0, 0.1) is 5.92 Å². The maximum absolute atomic E-state index is 4.53. The number of fused-ring (bicyclic) bond motifs is 1. The van der Waals surface area contributed by atoms with Crippen LogP contribution < -0.4 is 10.2 Å². The lowest BCUT2D eigenvalue weighted by molar-refractivity contribution is 0.280. The Morgan fingerprint density at radius 2 is 2.00 bits per heavy atom. The second-order valence-electron chi connectivity index (χ2n) is 9.28. The van der Waals surface area contributed by atoms with E-state index in [1.165, 1.54) is 38.6 Å². The summed E-state index contributed by atoms with van der Waals surface area (Å²) in [7, 11) is 0. The first-order valence-electron chi connectivity index (χ1n) is 11.9. The Balaban J connectivity index is 1.09. The zero-order valence-electron chi connectivity index (χ0n) is 18.7. The predicted molar refractivity (Wildman–Crippen MR) is 126 cm³/mol. The van der Waals surface area contributed by atoms with E-state index in [-0.39, 0.29) is 0 Å². The Hall–Kier alpha value is -3.33. The van der Waals surface area contributed by atoms with Crippen LogP contribution in [-0.4, -0.2) is 60.3 Å². The van der Waals surface area contributed by atoms with Crippen LogP contribution in [0.5, 0.6) is 0 Å². The van der Waals surface area contributed by atoms with Gasteiger partial charge in [0.2, 0.25) is 0 Å². The van der Waals surface area contributed by atoms with Gasteiger partial charge in [-0.15, -0.1) is 10.2 Å². The van der Waals surface area contributed by atoms with E-state index >= 15 is 0 Å². The molecule has 9 nitrogen and oxygen atoms in total. The zero-order valence-corrected chi connectivity index (χ0v) is 18.7. The van der Waals surface area contributed by atoms with Gasteiger partial charge >= 0.3 is 0 Å². The van der Waals surface area contributed by atoms with Gasteiger partial charge in [0, 0.05) is 30.9 Å². The van der Waals surface area contributed by atoms with E-state index in [1.54, 1.807) is 11.0 Å². The first-order chi connectivity index (χ1) is 16.3. The van der Waals surface area contributed by atoms with Gasteiger partial charge in [0.15, 0.2) is 5.82 Å². The zero-order chi connectivity index (χ0) is 22.0. The molecule has 1 atom stereocenters. The van der Waals surface area contributed by atoms with Crippen molar-refractivity contribution in [3.8, 4) is 11.3 Å². The third-order valence-electron chi connectivity index (χ3n) is 6.96. The maximum Gasteiger partial charge on any atom is 0.151 e. The molecule has 5 heterocycles. The molecular formula is C24H29N9. The molecule has 1 saturated carbocycles. The van der Waals surface area contributed by atoms with Crippen molar-refractivity contribution in [1.29, 1.82) is 0 Å². The molecule has 170 valence electrons.